The zero-order valence-electron chi connectivity index (χ0n) is 17.2. The van der Waals surface area contributed by atoms with E-state index in [0.717, 1.165) is 11.1 Å². The highest BCUT2D eigenvalue weighted by Crippen LogP contribution is 2.17. The Morgan fingerprint density at radius 1 is 0.875 bits per heavy atom. The normalized spacial score (nSPS) is 11.1. The minimum absolute atomic E-state index is 0.218. The van der Waals surface area contributed by atoms with Crippen molar-refractivity contribution in [1.29, 1.82) is 0 Å². The van der Waals surface area contributed by atoms with E-state index in [0.29, 0.717) is 27.9 Å². The number of carbonyl (C=O) groups excluding carboxylic acids is 1. The number of fused-ring (bicyclic) bond motifs is 1. The molecular weight excluding hydrogens is 428 g/mol. The number of benzene rings is 3. The Balaban J connectivity index is 1.77. The molecule has 0 spiro atoms. The summed E-state index contributed by atoms with van der Waals surface area (Å²) in [4.78, 5) is 38.1. The van der Waals surface area contributed by atoms with Crippen LogP contribution < -0.4 is 11.2 Å². The summed E-state index contributed by atoms with van der Waals surface area (Å²) in [6, 6.07) is 21.3. The average Bonchev–Trinajstić information content (AvgIpc) is 2.82. The van der Waals surface area contributed by atoms with Gasteiger partial charge in [-0.15, -0.1) is 0 Å². The Bertz CT molecular complexity index is 1390. The lowest BCUT2D eigenvalue weighted by atomic mass is 10.1. The summed E-state index contributed by atoms with van der Waals surface area (Å²) >= 11 is 6.14. The van der Waals surface area contributed by atoms with Crippen LogP contribution in [0.15, 0.2) is 82.4 Å². The lowest BCUT2D eigenvalue weighted by Crippen LogP contribution is -2.40. The quantitative estimate of drug-likeness (QED) is 0.440. The predicted octanol–water partition coefficient (Wildman–Crippen LogP) is 3.28. The first kappa shape index (κ1) is 21.7. The zero-order chi connectivity index (χ0) is 22.7. The number of nitrogens with zero attached hydrogens (tertiary/aromatic N) is 2. The Hall–Kier alpha value is -3.48. The molecule has 1 N–H and O–H groups in total. The van der Waals surface area contributed by atoms with Crippen LogP contribution >= 0.6 is 11.6 Å². The molecule has 3 aromatic carbocycles. The molecular formula is C25H21ClN2O4. The van der Waals surface area contributed by atoms with Gasteiger partial charge in [0.1, 0.15) is 6.61 Å². The maximum Gasteiger partial charge on any atom is 0.331 e. The Morgan fingerprint density at radius 3 is 2.28 bits per heavy atom. The number of carbonyl (C=O) groups is 1. The molecule has 0 radical (unpaired) electrons. The van der Waals surface area contributed by atoms with Crippen LogP contribution in [0.5, 0.6) is 0 Å². The van der Waals surface area contributed by atoms with Crippen molar-refractivity contribution in [3.05, 3.63) is 115 Å². The summed E-state index contributed by atoms with van der Waals surface area (Å²) in [6.07, 6.45) is 0.542. The molecule has 1 aromatic heterocycles. The van der Waals surface area contributed by atoms with E-state index < -0.39 is 12.3 Å². The molecule has 7 heteroatoms. The second kappa shape index (κ2) is 9.34. The van der Waals surface area contributed by atoms with E-state index in [1.54, 1.807) is 47.0 Å². The van der Waals surface area contributed by atoms with Gasteiger partial charge in [-0.1, -0.05) is 66.2 Å². The van der Waals surface area contributed by atoms with Crippen molar-refractivity contribution in [3.8, 4) is 0 Å². The van der Waals surface area contributed by atoms with Crippen molar-refractivity contribution >= 4 is 28.3 Å². The SMILES string of the molecule is O=C(CO)c1ccc(Cn2c(=O)n(CCc3ccccc3)c(=O)c3cc(Cl)ccc32)cc1. The minimum atomic E-state index is -0.559. The van der Waals surface area contributed by atoms with Gasteiger partial charge >= 0.3 is 5.69 Å². The molecule has 4 aromatic rings. The molecule has 0 saturated carbocycles. The van der Waals surface area contributed by atoms with Gasteiger partial charge in [0.15, 0.2) is 5.78 Å². The van der Waals surface area contributed by atoms with Gasteiger partial charge in [0, 0.05) is 17.1 Å². The first-order chi connectivity index (χ1) is 15.5. The van der Waals surface area contributed by atoms with Crippen LogP contribution in [-0.4, -0.2) is 26.6 Å². The fourth-order valence-corrected chi connectivity index (χ4v) is 3.87. The maximum absolute atomic E-state index is 13.3. The second-order valence-electron chi connectivity index (χ2n) is 7.50. The number of aliphatic hydroxyl groups excluding tert-OH is 1. The van der Waals surface area contributed by atoms with Crippen LogP contribution in [0.4, 0.5) is 0 Å². The van der Waals surface area contributed by atoms with Crippen molar-refractivity contribution in [2.75, 3.05) is 6.61 Å². The van der Waals surface area contributed by atoms with Crippen LogP contribution in [0.1, 0.15) is 21.5 Å². The number of Topliss-reactive ketones (excluding diaryl/α,β-unsaturated/α-hetero) is 1. The highest BCUT2D eigenvalue weighted by molar-refractivity contribution is 6.31. The van der Waals surface area contributed by atoms with E-state index in [1.165, 1.54) is 4.57 Å². The number of halogens is 1. The van der Waals surface area contributed by atoms with Gasteiger partial charge in [-0.3, -0.25) is 18.7 Å². The van der Waals surface area contributed by atoms with Crippen molar-refractivity contribution in [2.45, 2.75) is 19.5 Å². The highest BCUT2D eigenvalue weighted by atomic mass is 35.5. The topological polar surface area (TPSA) is 81.3 Å². The van der Waals surface area contributed by atoms with Crippen LogP contribution in [0.3, 0.4) is 0 Å². The molecule has 0 saturated heterocycles. The third-order valence-electron chi connectivity index (χ3n) is 5.41. The molecule has 0 aliphatic rings. The van der Waals surface area contributed by atoms with E-state index in [-0.39, 0.29) is 24.4 Å². The highest BCUT2D eigenvalue weighted by Gasteiger charge is 2.14. The monoisotopic (exact) mass is 448 g/mol. The first-order valence-electron chi connectivity index (χ1n) is 10.2. The third kappa shape index (κ3) is 4.42. The van der Waals surface area contributed by atoms with Crippen molar-refractivity contribution in [2.24, 2.45) is 0 Å². The Kier molecular flexibility index (Phi) is 6.35. The minimum Gasteiger partial charge on any atom is -0.388 e. The van der Waals surface area contributed by atoms with E-state index in [2.05, 4.69) is 0 Å². The molecule has 32 heavy (non-hydrogen) atoms. The number of hydrogen-bond acceptors (Lipinski definition) is 4. The molecule has 0 aliphatic heterocycles. The number of aliphatic hydroxyl groups is 1. The molecule has 0 aliphatic carbocycles. The van der Waals surface area contributed by atoms with Gasteiger partial charge in [0.2, 0.25) is 0 Å². The van der Waals surface area contributed by atoms with Gasteiger partial charge in [0.05, 0.1) is 17.4 Å². The smallest absolute Gasteiger partial charge is 0.331 e. The van der Waals surface area contributed by atoms with E-state index in [9.17, 15) is 14.4 Å². The lowest BCUT2D eigenvalue weighted by molar-refractivity contribution is 0.0903. The molecule has 0 fully saturated rings. The number of aryl methyl sites for hydroxylation is 1. The number of rotatable bonds is 7. The molecule has 0 bridgehead atoms. The predicted molar refractivity (Wildman–Crippen MR) is 125 cm³/mol. The van der Waals surface area contributed by atoms with Gasteiger partial charge in [-0.2, -0.15) is 0 Å². The Morgan fingerprint density at radius 2 is 1.59 bits per heavy atom. The van der Waals surface area contributed by atoms with Crippen LogP contribution in [0, 0.1) is 0 Å². The average molecular weight is 449 g/mol. The molecule has 162 valence electrons. The molecule has 1 heterocycles. The van der Waals surface area contributed by atoms with Gasteiger partial charge in [-0.05, 0) is 35.7 Å². The summed E-state index contributed by atoms with van der Waals surface area (Å²) in [5, 5.41) is 9.81. The van der Waals surface area contributed by atoms with E-state index in [4.69, 9.17) is 16.7 Å². The molecule has 6 nitrogen and oxygen atoms in total. The van der Waals surface area contributed by atoms with Crippen LogP contribution in [0.2, 0.25) is 5.02 Å². The second-order valence-corrected chi connectivity index (χ2v) is 7.94. The number of ketones is 1. The maximum atomic E-state index is 13.3. The van der Waals surface area contributed by atoms with Crippen molar-refractivity contribution < 1.29 is 9.90 Å². The molecule has 0 unspecified atom stereocenters. The Labute approximate surface area is 188 Å². The van der Waals surface area contributed by atoms with Crippen molar-refractivity contribution in [3.63, 3.8) is 0 Å². The van der Waals surface area contributed by atoms with E-state index in [1.807, 2.05) is 30.3 Å². The third-order valence-corrected chi connectivity index (χ3v) is 5.65. The molecule has 0 amide bonds. The molecule has 4 rings (SSSR count). The molecule has 0 atom stereocenters. The van der Waals surface area contributed by atoms with Crippen molar-refractivity contribution in [1.82, 2.24) is 9.13 Å². The van der Waals surface area contributed by atoms with Gasteiger partial charge in [0.25, 0.3) is 5.56 Å². The van der Waals surface area contributed by atoms with Gasteiger partial charge < -0.3 is 5.11 Å². The van der Waals surface area contributed by atoms with Crippen LogP contribution in [0.25, 0.3) is 10.9 Å². The summed E-state index contributed by atoms with van der Waals surface area (Å²) in [5.74, 6) is -0.372. The lowest BCUT2D eigenvalue weighted by Gasteiger charge is -2.15. The van der Waals surface area contributed by atoms with E-state index >= 15 is 0 Å². The fourth-order valence-electron chi connectivity index (χ4n) is 3.70. The fraction of sp³-hybridized carbons (Fsp3) is 0.160. The summed E-state index contributed by atoms with van der Waals surface area (Å²) in [7, 11) is 0. The van der Waals surface area contributed by atoms with Gasteiger partial charge in [-0.25, -0.2) is 4.79 Å². The standard InChI is InChI=1S/C25H21ClN2O4/c26-20-10-11-22-21(14-20)24(31)27(13-12-17-4-2-1-3-5-17)25(32)28(22)15-18-6-8-19(9-7-18)23(30)16-29/h1-11,14,29H,12-13,15-16H2. The number of aromatic nitrogens is 2. The largest absolute Gasteiger partial charge is 0.388 e. The van der Waals surface area contributed by atoms with Crippen LogP contribution in [-0.2, 0) is 19.5 Å². The summed E-state index contributed by atoms with van der Waals surface area (Å²) in [6.45, 7) is -0.0964. The summed E-state index contributed by atoms with van der Waals surface area (Å²) < 4.78 is 2.79. The number of hydrogen-bond donors (Lipinski definition) is 1. The summed E-state index contributed by atoms with van der Waals surface area (Å²) in [5.41, 5.74) is 1.93. The zero-order valence-corrected chi connectivity index (χ0v) is 18.0. The first-order valence-corrected chi connectivity index (χ1v) is 10.6.